The van der Waals surface area contributed by atoms with Crippen LogP contribution in [0.25, 0.3) is 0 Å². The van der Waals surface area contributed by atoms with Crippen LogP contribution in [0, 0.1) is 0 Å². The lowest BCUT2D eigenvalue weighted by atomic mass is 10.2. The van der Waals surface area contributed by atoms with Crippen LogP contribution in [-0.2, 0) is 6.42 Å². The van der Waals surface area contributed by atoms with Gasteiger partial charge in [0.15, 0.2) is 0 Å². The molecule has 1 aromatic carbocycles. The van der Waals surface area contributed by atoms with Crippen molar-refractivity contribution in [2.24, 2.45) is 0 Å². The fourth-order valence-corrected chi connectivity index (χ4v) is 1.55. The molecular weight excluding hydrogens is 212 g/mol. The van der Waals surface area contributed by atoms with Crippen LogP contribution in [0.2, 0.25) is 0 Å². The zero-order chi connectivity index (χ0) is 12.3. The minimum atomic E-state index is 0.674. The van der Waals surface area contributed by atoms with Gasteiger partial charge in [0.25, 0.3) is 0 Å². The summed E-state index contributed by atoms with van der Waals surface area (Å²) in [5.41, 5.74) is 8.60. The molecule has 1 heterocycles. The molecule has 0 aliphatic carbocycles. The van der Waals surface area contributed by atoms with Gasteiger partial charge in [-0.2, -0.15) is 0 Å². The Labute approximate surface area is 101 Å². The second kappa shape index (κ2) is 4.82. The molecule has 0 bridgehead atoms. The van der Waals surface area contributed by atoms with Crippen molar-refractivity contribution in [2.75, 3.05) is 17.7 Å². The Bertz CT molecular complexity index is 493. The SMILES string of the molecule is CCc1cnc(N(C)c2cccc(N)c2)nc1. The first kappa shape index (κ1) is 11.4. The molecule has 2 aromatic rings. The van der Waals surface area contributed by atoms with Gasteiger partial charge in [-0.05, 0) is 30.2 Å². The van der Waals surface area contributed by atoms with Crippen molar-refractivity contribution in [1.29, 1.82) is 0 Å². The number of anilines is 3. The van der Waals surface area contributed by atoms with Crippen LogP contribution in [-0.4, -0.2) is 17.0 Å². The van der Waals surface area contributed by atoms with Crippen LogP contribution in [0.4, 0.5) is 17.3 Å². The average Bonchev–Trinajstić information content (AvgIpc) is 2.38. The molecule has 0 amide bonds. The highest BCUT2D eigenvalue weighted by Crippen LogP contribution is 2.21. The number of nitrogen functional groups attached to an aromatic ring is 1. The summed E-state index contributed by atoms with van der Waals surface area (Å²) in [5.74, 6) is 0.674. The normalized spacial score (nSPS) is 10.2. The lowest BCUT2D eigenvalue weighted by Gasteiger charge is -2.17. The third-order valence-corrected chi connectivity index (χ3v) is 2.66. The predicted octanol–water partition coefficient (Wildman–Crippen LogP) is 2.39. The summed E-state index contributed by atoms with van der Waals surface area (Å²) in [5, 5.41) is 0. The van der Waals surface area contributed by atoms with E-state index in [-0.39, 0.29) is 0 Å². The van der Waals surface area contributed by atoms with Crippen LogP contribution < -0.4 is 10.6 Å². The smallest absolute Gasteiger partial charge is 0.229 e. The molecule has 4 heteroatoms. The molecule has 0 unspecified atom stereocenters. The molecule has 1 aromatic heterocycles. The van der Waals surface area contributed by atoms with Crippen molar-refractivity contribution in [2.45, 2.75) is 13.3 Å². The molecule has 4 nitrogen and oxygen atoms in total. The first-order valence-electron chi connectivity index (χ1n) is 5.61. The van der Waals surface area contributed by atoms with Crippen molar-refractivity contribution < 1.29 is 0 Å². The molecule has 0 fully saturated rings. The first-order valence-corrected chi connectivity index (χ1v) is 5.61. The number of nitrogens with two attached hydrogens (primary N) is 1. The van der Waals surface area contributed by atoms with Crippen molar-refractivity contribution >= 4 is 17.3 Å². The summed E-state index contributed by atoms with van der Waals surface area (Å²) in [6, 6.07) is 7.66. The van der Waals surface area contributed by atoms with Crippen molar-refractivity contribution in [3.63, 3.8) is 0 Å². The zero-order valence-electron chi connectivity index (χ0n) is 10.1. The molecular formula is C13H16N4. The third kappa shape index (κ3) is 2.53. The van der Waals surface area contributed by atoms with Gasteiger partial charge in [-0.15, -0.1) is 0 Å². The fraction of sp³-hybridized carbons (Fsp3) is 0.231. The minimum absolute atomic E-state index is 0.674. The quantitative estimate of drug-likeness (QED) is 0.819. The second-order valence-electron chi connectivity index (χ2n) is 3.90. The lowest BCUT2D eigenvalue weighted by Crippen LogP contribution is -2.13. The number of aryl methyl sites for hydroxylation is 1. The molecule has 17 heavy (non-hydrogen) atoms. The highest BCUT2D eigenvalue weighted by molar-refractivity contribution is 5.61. The Morgan fingerprint density at radius 1 is 1.24 bits per heavy atom. The topological polar surface area (TPSA) is 55.0 Å². The maximum Gasteiger partial charge on any atom is 0.229 e. The van der Waals surface area contributed by atoms with Gasteiger partial charge in [0.1, 0.15) is 0 Å². The zero-order valence-corrected chi connectivity index (χ0v) is 10.1. The fourth-order valence-electron chi connectivity index (χ4n) is 1.55. The van der Waals surface area contributed by atoms with Crippen LogP contribution in [0.15, 0.2) is 36.7 Å². The number of benzene rings is 1. The van der Waals surface area contributed by atoms with E-state index in [2.05, 4.69) is 16.9 Å². The maximum absolute atomic E-state index is 5.75. The van der Waals surface area contributed by atoms with Gasteiger partial charge in [-0.1, -0.05) is 13.0 Å². The van der Waals surface area contributed by atoms with E-state index in [1.165, 1.54) is 0 Å². The standard InChI is InChI=1S/C13H16N4/c1-3-10-8-15-13(16-9-10)17(2)12-6-4-5-11(14)7-12/h4-9H,3,14H2,1-2H3. The van der Waals surface area contributed by atoms with Crippen LogP contribution in [0.1, 0.15) is 12.5 Å². The van der Waals surface area contributed by atoms with Gasteiger partial charge in [0.05, 0.1) is 0 Å². The summed E-state index contributed by atoms with van der Waals surface area (Å²) in [6.07, 6.45) is 4.65. The number of hydrogen-bond acceptors (Lipinski definition) is 4. The Hall–Kier alpha value is -2.10. The number of hydrogen-bond donors (Lipinski definition) is 1. The number of rotatable bonds is 3. The molecule has 0 aliphatic heterocycles. The van der Waals surface area contributed by atoms with Crippen molar-refractivity contribution in [3.05, 3.63) is 42.2 Å². The van der Waals surface area contributed by atoms with E-state index in [1.54, 1.807) is 0 Å². The first-order chi connectivity index (χ1) is 8.20. The summed E-state index contributed by atoms with van der Waals surface area (Å²) < 4.78 is 0. The van der Waals surface area contributed by atoms with Crippen molar-refractivity contribution in [1.82, 2.24) is 9.97 Å². The Kier molecular flexibility index (Phi) is 3.23. The Balaban J connectivity index is 2.27. The molecule has 0 radical (unpaired) electrons. The summed E-state index contributed by atoms with van der Waals surface area (Å²) >= 11 is 0. The molecule has 2 N–H and O–H groups in total. The van der Waals surface area contributed by atoms with Crippen molar-refractivity contribution in [3.8, 4) is 0 Å². The highest BCUT2D eigenvalue weighted by atomic mass is 15.2. The molecule has 0 saturated carbocycles. The monoisotopic (exact) mass is 228 g/mol. The van der Waals surface area contributed by atoms with E-state index < -0.39 is 0 Å². The minimum Gasteiger partial charge on any atom is -0.399 e. The molecule has 2 rings (SSSR count). The largest absolute Gasteiger partial charge is 0.399 e. The van der Waals surface area contributed by atoms with Crippen LogP contribution in [0.5, 0.6) is 0 Å². The molecule has 0 saturated heterocycles. The van der Waals surface area contributed by atoms with E-state index in [0.717, 1.165) is 23.4 Å². The highest BCUT2D eigenvalue weighted by Gasteiger charge is 2.06. The van der Waals surface area contributed by atoms with E-state index in [1.807, 2.05) is 48.6 Å². The maximum atomic E-state index is 5.75. The van der Waals surface area contributed by atoms with Gasteiger partial charge < -0.3 is 10.6 Å². The van der Waals surface area contributed by atoms with Gasteiger partial charge in [-0.25, -0.2) is 9.97 Å². The summed E-state index contributed by atoms with van der Waals surface area (Å²) in [7, 11) is 1.93. The average molecular weight is 228 g/mol. The Morgan fingerprint density at radius 2 is 1.94 bits per heavy atom. The van der Waals surface area contributed by atoms with Gasteiger partial charge in [-0.3, -0.25) is 0 Å². The molecule has 0 spiro atoms. The van der Waals surface area contributed by atoms with E-state index >= 15 is 0 Å². The van der Waals surface area contributed by atoms with E-state index in [0.29, 0.717) is 5.95 Å². The van der Waals surface area contributed by atoms with Gasteiger partial charge >= 0.3 is 0 Å². The second-order valence-corrected chi connectivity index (χ2v) is 3.90. The molecule has 0 aliphatic rings. The lowest BCUT2D eigenvalue weighted by molar-refractivity contribution is 0.996. The van der Waals surface area contributed by atoms with Crippen LogP contribution >= 0.6 is 0 Å². The number of aromatic nitrogens is 2. The number of nitrogens with zero attached hydrogens (tertiary/aromatic N) is 3. The summed E-state index contributed by atoms with van der Waals surface area (Å²) in [6.45, 7) is 2.08. The van der Waals surface area contributed by atoms with E-state index in [9.17, 15) is 0 Å². The summed E-state index contributed by atoms with van der Waals surface area (Å²) in [4.78, 5) is 10.6. The van der Waals surface area contributed by atoms with E-state index in [4.69, 9.17) is 5.73 Å². The molecule has 88 valence electrons. The third-order valence-electron chi connectivity index (χ3n) is 2.66. The van der Waals surface area contributed by atoms with Crippen LogP contribution in [0.3, 0.4) is 0 Å². The molecule has 0 atom stereocenters. The van der Waals surface area contributed by atoms with Gasteiger partial charge in [0.2, 0.25) is 5.95 Å². The Morgan fingerprint density at radius 3 is 2.53 bits per heavy atom. The van der Waals surface area contributed by atoms with Gasteiger partial charge in [0, 0.05) is 30.8 Å². The predicted molar refractivity (Wildman–Crippen MR) is 70.3 cm³/mol.